The SMILES string of the molecule is CCOc1cccc(CNC(=O)c2cnn(-c3ccc(-c4nc(C(C)(C)C)no4)cn3)c2C)c1. The third-order valence-electron chi connectivity index (χ3n) is 5.23. The Bertz CT molecular complexity index is 1280. The van der Waals surface area contributed by atoms with Crippen LogP contribution >= 0.6 is 0 Å². The van der Waals surface area contributed by atoms with E-state index in [9.17, 15) is 4.79 Å². The molecule has 0 aliphatic carbocycles. The van der Waals surface area contributed by atoms with E-state index < -0.39 is 0 Å². The van der Waals surface area contributed by atoms with Crippen molar-refractivity contribution in [2.24, 2.45) is 0 Å². The molecule has 3 aromatic heterocycles. The summed E-state index contributed by atoms with van der Waals surface area (Å²) in [6.07, 6.45) is 3.20. The van der Waals surface area contributed by atoms with Gasteiger partial charge in [0.05, 0.1) is 29.6 Å². The molecule has 1 N–H and O–H groups in total. The monoisotopic (exact) mass is 460 g/mol. The molecule has 0 radical (unpaired) electrons. The largest absolute Gasteiger partial charge is 0.494 e. The number of carbonyl (C=O) groups excluding carboxylic acids is 1. The number of carbonyl (C=O) groups is 1. The van der Waals surface area contributed by atoms with Gasteiger partial charge in [0.1, 0.15) is 5.75 Å². The molecular weight excluding hydrogens is 432 g/mol. The maximum Gasteiger partial charge on any atom is 0.259 e. The number of nitrogens with one attached hydrogen (secondary N) is 1. The van der Waals surface area contributed by atoms with Gasteiger partial charge in [-0.15, -0.1) is 0 Å². The van der Waals surface area contributed by atoms with Crippen molar-refractivity contribution in [1.29, 1.82) is 0 Å². The second kappa shape index (κ2) is 9.46. The smallest absolute Gasteiger partial charge is 0.259 e. The first-order valence-corrected chi connectivity index (χ1v) is 11.1. The summed E-state index contributed by atoms with van der Waals surface area (Å²) < 4.78 is 12.5. The fourth-order valence-corrected chi connectivity index (χ4v) is 3.34. The fourth-order valence-electron chi connectivity index (χ4n) is 3.34. The molecule has 4 aromatic rings. The zero-order valence-electron chi connectivity index (χ0n) is 20.0. The first-order valence-electron chi connectivity index (χ1n) is 11.1. The molecule has 0 unspecified atom stereocenters. The quantitative estimate of drug-likeness (QED) is 0.439. The van der Waals surface area contributed by atoms with E-state index in [-0.39, 0.29) is 11.3 Å². The maximum atomic E-state index is 12.8. The van der Waals surface area contributed by atoms with E-state index in [1.165, 1.54) is 0 Å². The van der Waals surface area contributed by atoms with Crippen LogP contribution in [0.4, 0.5) is 0 Å². The normalized spacial score (nSPS) is 11.4. The van der Waals surface area contributed by atoms with Crippen LogP contribution in [0.5, 0.6) is 5.75 Å². The number of hydrogen-bond donors (Lipinski definition) is 1. The standard InChI is InChI=1S/C25H28N6O3/c1-6-33-19-9-7-8-17(12-19)13-27-22(32)20-15-28-31(16(20)2)21-11-10-18(14-26-21)23-29-24(30-34-23)25(3,4)5/h7-12,14-15H,6,13H2,1-5H3,(H,27,32). The van der Waals surface area contributed by atoms with Crippen LogP contribution in [-0.2, 0) is 12.0 Å². The highest BCUT2D eigenvalue weighted by Gasteiger charge is 2.22. The zero-order valence-corrected chi connectivity index (χ0v) is 20.0. The molecule has 0 bridgehead atoms. The summed E-state index contributed by atoms with van der Waals surface area (Å²) in [7, 11) is 0. The Balaban J connectivity index is 1.46. The minimum atomic E-state index is -0.206. The Kier molecular flexibility index (Phi) is 6.45. The predicted molar refractivity (Wildman–Crippen MR) is 127 cm³/mol. The van der Waals surface area contributed by atoms with E-state index in [0.717, 1.165) is 11.3 Å². The van der Waals surface area contributed by atoms with E-state index in [2.05, 4.69) is 25.5 Å². The summed E-state index contributed by atoms with van der Waals surface area (Å²) in [5.74, 6) is 2.20. The van der Waals surface area contributed by atoms with Crippen molar-refractivity contribution in [1.82, 2.24) is 30.2 Å². The van der Waals surface area contributed by atoms with Crippen LogP contribution in [0.3, 0.4) is 0 Å². The Labute approximate surface area is 198 Å². The van der Waals surface area contributed by atoms with Crippen LogP contribution in [-0.4, -0.2) is 37.4 Å². The minimum absolute atomic E-state index is 0.204. The number of hydrogen-bond acceptors (Lipinski definition) is 7. The molecule has 3 heterocycles. The molecule has 0 atom stereocenters. The highest BCUT2D eigenvalue weighted by atomic mass is 16.5. The third-order valence-corrected chi connectivity index (χ3v) is 5.23. The summed E-state index contributed by atoms with van der Waals surface area (Å²) in [4.78, 5) is 21.7. The Morgan fingerprint density at radius 2 is 2.00 bits per heavy atom. The first kappa shape index (κ1) is 23.2. The Morgan fingerprint density at radius 3 is 2.68 bits per heavy atom. The Morgan fingerprint density at radius 1 is 1.18 bits per heavy atom. The van der Waals surface area contributed by atoms with Crippen molar-refractivity contribution in [3.05, 3.63) is 71.4 Å². The van der Waals surface area contributed by atoms with E-state index in [1.54, 1.807) is 23.1 Å². The molecule has 0 aliphatic rings. The van der Waals surface area contributed by atoms with Crippen LogP contribution < -0.4 is 10.1 Å². The molecule has 1 aromatic carbocycles. The Hall–Kier alpha value is -4.01. The number of amides is 1. The second-order valence-electron chi connectivity index (χ2n) is 8.90. The van der Waals surface area contributed by atoms with Gasteiger partial charge >= 0.3 is 0 Å². The molecule has 1 amide bonds. The predicted octanol–water partition coefficient (Wildman–Crippen LogP) is 4.25. The molecule has 9 heteroatoms. The lowest BCUT2D eigenvalue weighted by Crippen LogP contribution is -2.23. The number of benzene rings is 1. The summed E-state index contributed by atoms with van der Waals surface area (Å²) in [6.45, 7) is 10.8. The van der Waals surface area contributed by atoms with Crippen LogP contribution in [0.2, 0.25) is 0 Å². The number of ether oxygens (including phenoxy) is 1. The second-order valence-corrected chi connectivity index (χ2v) is 8.90. The van der Waals surface area contributed by atoms with Crippen molar-refractivity contribution in [2.75, 3.05) is 6.61 Å². The van der Waals surface area contributed by atoms with E-state index >= 15 is 0 Å². The van der Waals surface area contributed by atoms with Crippen LogP contribution in [0, 0.1) is 6.92 Å². The first-order chi connectivity index (χ1) is 16.3. The lowest BCUT2D eigenvalue weighted by Gasteiger charge is -2.10. The topological polar surface area (TPSA) is 108 Å². The van der Waals surface area contributed by atoms with Gasteiger partial charge in [-0.2, -0.15) is 10.1 Å². The van der Waals surface area contributed by atoms with Gasteiger partial charge in [0.15, 0.2) is 11.6 Å². The maximum absolute atomic E-state index is 12.8. The highest BCUT2D eigenvalue weighted by molar-refractivity contribution is 5.95. The van der Waals surface area contributed by atoms with Crippen LogP contribution in [0.15, 0.2) is 53.3 Å². The fraction of sp³-hybridized carbons (Fsp3) is 0.320. The van der Waals surface area contributed by atoms with Gasteiger partial charge in [-0.3, -0.25) is 4.79 Å². The van der Waals surface area contributed by atoms with Gasteiger partial charge in [-0.1, -0.05) is 38.1 Å². The third kappa shape index (κ3) is 4.98. The van der Waals surface area contributed by atoms with Gasteiger partial charge in [-0.05, 0) is 43.7 Å². The average molecular weight is 461 g/mol. The average Bonchev–Trinajstić information content (AvgIpc) is 3.46. The van der Waals surface area contributed by atoms with Gasteiger partial charge in [0.25, 0.3) is 11.8 Å². The van der Waals surface area contributed by atoms with Crippen molar-refractivity contribution >= 4 is 5.91 Å². The lowest BCUT2D eigenvalue weighted by molar-refractivity contribution is 0.0950. The van der Waals surface area contributed by atoms with Gasteiger partial charge < -0.3 is 14.6 Å². The van der Waals surface area contributed by atoms with Crippen LogP contribution in [0.1, 0.15) is 55.1 Å². The molecule has 0 saturated heterocycles. The molecule has 0 fully saturated rings. The molecule has 4 rings (SSSR count). The molecule has 9 nitrogen and oxygen atoms in total. The van der Waals surface area contributed by atoms with E-state index in [0.29, 0.717) is 47.5 Å². The number of nitrogens with zero attached hydrogens (tertiary/aromatic N) is 5. The molecule has 176 valence electrons. The summed E-state index contributed by atoms with van der Waals surface area (Å²) in [6, 6.07) is 11.3. The minimum Gasteiger partial charge on any atom is -0.494 e. The van der Waals surface area contributed by atoms with Gasteiger partial charge in [0.2, 0.25) is 0 Å². The van der Waals surface area contributed by atoms with E-state index in [1.807, 2.05) is 65.0 Å². The van der Waals surface area contributed by atoms with Crippen LogP contribution in [0.25, 0.3) is 17.3 Å². The molecular formula is C25H28N6O3. The van der Waals surface area contributed by atoms with Gasteiger partial charge in [0, 0.05) is 18.2 Å². The van der Waals surface area contributed by atoms with Crippen molar-refractivity contribution in [3.63, 3.8) is 0 Å². The van der Waals surface area contributed by atoms with E-state index in [4.69, 9.17) is 9.26 Å². The zero-order chi connectivity index (χ0) is 24.3. The molecule has 0 spiro atoms. The number of pyridine rings is 1. The summed E-state index contributed by atoms with van der Waals surface area (Å²) >= 11 is 0. The summed E-state index contributed by atoms with van der Waals surface area (Å²) in [5, 5.41) is 11.4. The number of rotatable bonds is 7. The molecule has 0 aliphatic heterocycles. The van der Waals surface area contributed by atoms with Crippen molar-refractivity contribution in [3.8, 4) is 23.0 Å². The number of aromatic nitrogens is 5. The highest BCUT2D eigenvalue weighted by Crippen LogP contribution is 2.24. The molecule has 0 saturated carbocycles. The molecule has 34 heavy (non-hydrogen) atoms. The lowest BCUT2D eigenvalue weighted by atomic mass is 9.96. The van der Waals surface area contributed by atoms with Crippen molar-refractivity contribution in [2.45, 2.75) is 46.6 Å². The summed E-state index contributed by atoms with van der Waals surface area (Å²) in [5.41, 5.74) is 2.64. The van der Waals surface area contributed by atoms with Crippen molar-refractivity contribution < 1.29 is 14.1 Å². The van der Waals surface area contributed by atoms with Gasteiger partial charge in [-0.25, -0.2) is 9.67 Å².